The fourth-order valence-corrected chi connectivity index (χ4v) is 3.53. The van der Waals surface area contributed by atoms with Crippen LogP contribution in [0.3, 0.4) is 0 Å². The molecule has 0 spiro atoms. The van der Waals surface area contributed by atoms with E-state index in [0.29, 0.717) is 26.1 Å². The minimum Gasteiger partial charge on any atom is -0.355 e. The summed E-state index contributed by atoms with van der Waals surface area (Å²) in [6.07, 6.45) is 5.51. The Morgan fingerprint density at radius 3 is 2.53 bits per heavy atom. The van der Waals surface area contributed by atoms with Gasteiger partial charge >= 0.3 is 0 Å². The van der Waals surface area contributed by atoms with Crippen molar-refractivity contribution in [2.75, 3.05) is 19.6 Å². The van der Waals surface area contributed by atoms with E-state index < -0.39 is 0 Å². The number of carbonyl (C=O) groups excluding carboxylic acids is 3. The van der Waals surface area contributed by atoms with Crippen LogP contribution in [0.2, 0.25) is 0 Å². The van der Waals surface area contributed by atoms with Crippen LogP contribution in [0.25, 0.3) is 0 Å². The highest BCUT2D eigenvalue weighted by molar-refractivity contribution is 5.83. The molecule has 0 saturated carbocycles. The molecule has 1 atom stereocenters. The first-order valence-corrected chi connectivity index (χ1v) is 10.4. The number of carbonyl (C=O) groups is 3. The second kappa shape index (κ2) is 11.1. The van der Waals surface area contributed by atoms with Gasteiger partial charge in [0.1, 0.15) is 0 Å². The number of hydrogen-bond donors (Lipinski definition) is 2. The highest BCUT2D eigenvalue weighted by Crippen LogP contribution is 2.18. The normalized spacial score (nSPS) is 16.0. The largest absolute Gasteiger partial charge is 0.355 e. The van der Waals surface area contributed by atoms with Gasteiger partial charge in [-0.25, -0.2) is 0 Å². The fourth-order valence-electron chi connectivity index (χ4n) is 3.53. The van der Waals surface area contributed by atoms with Gasteiger partial charge in [-0.3, -0.25) is 19.4 Å². The lowest BCUT2D eigenvalue weighted by atomic mass is 9.96. The van der Waals surface area contributed by atoms with Gasteiger partial charge < -0.3 is 15.5 Å². The second-order valence-corrected chi connectivity index (χ2v) is 7.51. The molecule has 3 amide bonds. The highest BCUT2D eigenvalue weighted by atomic mass is 16.2. The number of amides is 3. The first-order valence-electron chi connectivity index (χ1n) is 10.4. The van der Waals surface area contributed by atoms with Crippen LogP contribution in [0.1, 0.15) is 30.4 Å². The van der Waals surface area contributed by atoms with Gasteiger partial charge in [0.25, 0.3) is 0 Å². The van der Waals surface area contributed by atoms with Crippen LogP contribution in [-0.4, -0.2) is 47.2 Å². The van der Waals surface area contributed by atoms with E-state index in [4.69, 9.17) is 0 Å². The number of rotatable bonds is 8. The lowest BCUT2D eigenvalue weighted by Gasteiger charge is -2.32. The van der Waals surface area contributed by atoms with E-state index in [-0.39, 0.29) is 36.6 Å². The molecule has 0 bridgehead atoms. The van der Waals surface area contributed by atoms with Crippen molar-refractivity contribution in [2.45, 2.75) is 32.2 Å². The quantitative estimate of drug-likeness (QED) is 0.695. The zero-order valence-electron chi connectivity index (χ0n) is 17.0. The van der Waals surface area contributed by atoms with E-state index >= 15 is 0 Å². The number of pyridine rings is 1. The van der Waals surface area contributed by atoms with Crippen LogP contribution in [-0.2, 0) is 27.3 Å². The van der Waals surface area contributed by atoms with Crippen molar-refractivity contribution >= 4 is 17.7 Å². The van der Waals surface area contributed by atoms with Gasteiger partial charge in [-0.1, -0.05) is 30.3 Å². The zero-order valence-corrected chi connectivity index (χ0v) is 17.0. The maximum Gasteiger partial charge on any atom is 0.227 e. The average molecular weight is 409 g/mol. The Labute approximate surface area is 176 Å². The summed E-state index contributed by atoms with van der Waals surface area (Å²) < 4.78 is 0. The summed E-state index contributed by atoms with van der Waals surface area (Å²) in [6.45, 7) is 1.85. The van der Waals surface area contributed by atoms with Gasteiger partial charge in [0.2, 0.25) is 17.7 Å². The SMILES string of the molecule is O=C(CCNC(=O)[C@H]1CCCN(C(=O)Cc2ccccc2)C1)NCc1ccncc1. The van der Waals surface area contributed by atoms with Gasteiger partial charge in [-0.2, -0.15) is 0 Å². The Morgan fingerprint density at radius 2 is 1.77 bits per heavy atom. The van der Waals surface area contributed by atoms with Gasteiger partial charge in [0, 0.05) is 45.0 Å². The summed E-state index contributed by atoms with van der Waals surface area (Å²) in [5.74, 6) is -0.378. The maximum absolute atomic E-state index is 12.6. The van der Waals surface area contributed by atoms with Crippen LogP contribution in [0.15, 0.2) is 54.9 Å². The first-order chi connectivity index (χ1) is 14.6. The van der Waals surface area contributed by atoms with Gasteiger partial charge in [-0.05, 0) is 36.1 Å². The van der Waals surface area contributed by atoms with Crippen molar-refractivity contribution < 1.29 is 14.4 Å². The van der Waals surface area contributed by atoms with E-state index in [9.17, 15) is 14.4 Å². The number of piperidine rings is 1. The summed E-state index contributed by atoms with van der Waals surface area (Å²) in [4.78, 5) is 42.7. The molecule has 2 aromatic rings. The molecule has 0 radical (unpaired) electrons. The summed E-state index contributed by atoms with van der Waals surface area (Å²) >= 11 is 0. The smallest absolute Gasteiger partial charge is 0.227 e. The van der Waals surface area contributed by atoms with Crippen molar-refractivity contribution in [3.8, 4) is 0 Å². The molecule has 1 fully saturated rings. The molecule has 30 heavy (non-hydrogen) atoms. The Hall–Kier alpha value is -3.22. The molecule has 1 aliphatic heterocycles. The third-order valence-corrected chi connectivity index (χ3v) is 5.23. The minimum atomic E-state index is -0.224. The predicted molar refractivity (Wildman–Crippen MR) is 113 cm³/mol. The van der Waals surface area contributed by atoms with Crippen LogP contribution < -0.4 is 10.6 Å². The minimum absolute atomic E-state index is 0.0502. The molecule has 3 rings (SSSR count). The summed E-state index contributed by atoms with van der Waals surface area (Å²) in [5.41, 5.74) is 1.96. The van der Waals surface area contributed by atoms with Gasteiger partial charge in [0.05, 0.1) is 12.3 Å². The lowest BCUT2D eigenvalue weighted by Crippen LogP contribution is -2.46. The topological polar surface area (TPSA) is 91.4 Å². The maximum atomic E-state index is 12.6. The lowest BCUT2D eigenvalue weighted by molar-refractivity contribution is -0.135. The van der Waals surface area contributed by atoms with Crippen molar-refractivity contribution in [1.29, 1.82) is 0 Å². The molecule has 1 aromatic heterocycles. The van der Waals surface area contributed by atoms with Crippen molar-refractivity contribution in [2.24, 2.45) is 5.92 Å². The fraction of sp³-hybridized carbons (Fsp3) is 0.391. The Bertz CT molecular complexity index is 842. The van der Waals surface area contributed by atoms with Crippen molar-refractivity contribution in [3.05, 3.63) is 66.0 Å². The Balaban J connectivity index is 1.37. The molecule has 2 N–H and O–H groups in total. The van der Waals surface area contributed by atoms with Crippen LogP contribution in [0.4, 0.5) is 0 Å². The number of likely N-dealkylation sites (tertiary alicyclic amines) is 1. The number of aromatic nitrogens is 1. The first kappa shape index (κ1) is 21.5. The Kier molecular flexibility index (Phi) is 7.94. The molecule has 158 valence electrons. The second-order valence-electron chi connectivity index (χ2n) is 7.51. The summed E-state index contributed by atoms with van der Waals surface area (Å²) in [7, 11) is 0. The number of hydrogen-bond acceptors (Lipinski definition) is 4. The third kappa shape index (κ3) is 6.69. The van der Waals surface area contributed by atoms with E-state index in [1.165, 1.54) is 0 Å². The van der Waals surface area contributed by atoms with Crippen LogP contribution >= 0.6 is 0 Å². The van der Waals surface area contributed by atoms with Crippen molar-refractivity contribution in [3.63, 3.8) is 0 Å². The van der Waals surface area contributed by atoms with E-state index in [2.05, 4.69) is 15.6 Å². The monoisotopic (exact) mass is 408 g/mol. The van der Waals surface area contributed by atoms with Crippen LogP contribution in [0.5, 0.6) is 0 Å². The van der Waals surface area contributed by atoms with E-state index in [1.54, 1.807) is 17.3 Å². The average Bonchev–Trinajstić information content (AvgIpc) is 2.79. The molecule has 1 saturated heterocycles. The van der Waals surface area contributed by atoms with E-state index in [0.717, 1.165) is 24.0 Å². The molecule has 2 heterocycles. The summed E-state index contributed by atoms with van der Waals surface area (Å²) in [5, 5.41) is 5.67. The molecular formula is C23H28N4O3. The molecule has 0 unspecified atom stereocenters. The number of benzene rings is 1. The molecule has 7 nitrogen and oxygen atoms in total. The van der Waals surface area contributed by atoms with Gasteiger partial charge in [0.15, 0.2) is 0 Å². The van der Waals surface area contributed by atoms with Gasteiger partial charge in [-0.15, -0.1) is 0 Å². The molecule has 0 aliphatic carbocycles. The van der Waals surface area contributed by atoms with E-state index in [1.807, 2.05) is 42.5 Å². The molecule has 7 heteroatoms. The zero-order chi connectivity index (χ0) is 21.2. The molecular weight excluding hydrogens is 380 g/mol. The molecule has 1 aliphatic rings. The third-order valence-electron chi connectivity index (χ3n) is 5.23. The van der Waals surface area contributed by atoms with Crippen LogP contribution in [0, 0.1) is 5.92 Å². The Morgan fingerprint density at radius 1 is 1.00 bits per heavy atom. The predicted octanol–water partition coefficient (Wildman–Crippen LogP) is 1.69. The highest BCUT2D eigenvalue weighted by Gasteiger charge is 2.28. The van der Waals surface area contributed by atoms with Crippen molar-refractivity contribution in [1.82, 2.24) is 20.5 Å². The number of nitrogens with one attached hydrogen (secondary N) is 2. The summed E-state index contributed by atoms with van der Waals surface area (Å²) in [6, 6.07) is 13.3. The standard InChI is InChI=1S/C23H28N4O3/c28-21(26-16-19-8-11-24-12-9-19)10-13-25-23(30)20-7-4-14-27(17-20)22(29)15-18-5-2-1-3-6-18/h1-3,5-6,8-9,11-12,20H,4,7,10,13-17H2,(H,25,30)(H,26,28)/t20-/m0/s1. The molecule has 1 aromatic carbocycles. The number of nitrogens with zero attached hydrogens (tertiary/aromatic N) is 2.